The van der Waals surface area contributed by atoms with Gasteiger partial charge in [-0.3, -0.25) is 24.6 Å². The topological polar surface area (TPSA) is 94.8 Å². The van der Waals surface area contributed by atoms with Gasteiger partial charge in [-0.1, -0.05) is 19.4 Å². The Morgan fingerprint density at radius 3 is 2.68 bits per heavy atom. The molecule has 1 amide bonds. The molecule has 1 aromatic heterocycles. The van der Waals surface area contributed by atoms with Crippen molar-refractivity contribution in [1.82, 2.24) is 10.2 Å². The van der Waals surface area contributed by atoms with Crippen LogP contribution in [-0.2, 0) is 4.79 Å². The van der Waals surface area contributed by atoms with Gasteiger partial charge in [0.15, 0.2) is 0 Å². The van der Waals surface area contributed by atoms with Crippen LogP contribution in [0.15, 0.2) is 27.8 Å². The molecule has 0 radical (unpaired) electrons. The van der Waals surface area contributed by atoms with Crippen molar-refractivity contribution in [3.05, 3.63) is 38.9 Å². The summed E-state index contributed by atoms with van der Waals surface area (Å²) in [7, 11) is 0. The number of nitrogens with one attached hydrogen (secondary N) is 3. The van der Waals surface area contributed by atoms with Crippen molar-refractivity contribution in [2.75, 3.05) is 5.32 Å². The molecule has 19 heavy (non-hydrogen) atoms. The molecule has 1 aromatic carbocycles. The molecule has 1 heterocycles. The molecule has 0 bridgehead atoms. The quantitative estimate of drug-likeness (QED) is 0.775. The van der Waals surface area contributed by atoms with Crippen LogP contribution in [0.1, 0.15) is 26.2 Å². The predicted octanol–water partition coefficient (Wildman–Crippen LogP) is 1.35. The van der Waals surface area contributed by atoms with Gasteiger partial charge in [-0.25, -0.2) is 0 Å². The van der Waals surface area contributed by atoms with Gasteiger partial charge in [0.25, 0.3) is 11.1 Å². The number of H-pyrrole nitrogens is 2. The first-order valence-electron chi connectivity index (χ1n) is 6.17. The maximum atomic E-state index is 11.8. The fraction of sp³-hybridized carbons (Fsp3) is 0.308. The number of benzene rings is 1. The molecule has 3 N–H and O–H groups in total. The van der Waals surface area contributed by atoms with E-state index in [0.29, 0.717) is 12.1 Å². The zero-order chi connectivity index (χ0) is 13.8. The van der Waals surface area contributed by atoms with Gasteiger partial charge in [-0.05, 0) is 18.6 Å². The normalized spacial score (nSPS) is 10.6. The van der Waals surface area contributed by atoms with Crippen LogP contribution in [0.25, 0.3) is 10.8 Å². The monoisotopic (exact) mass is 261 g/mol. The van der Waals surface area contributed by atoms with Crippen molar-refractivity contribution >= 4 is 22.4 Å². The minimum absolute atomic E-state index is 0.158. The molecule has 0 unspecified atom stereocenters. The summed E-state index contributed by atoms with van der Waals surface area (Å²) in [6.07, 6.45) is 2.10. The molecular weight excluding hydrogens is 246 g/mol. The van der Waals surface area contributed by atoms with Crippen LogP contribution in [0.5, 0.6) is 0 Å². The number of carbonyl (C=O) groups is 1. The van der Waals surface area contributed by atoms with Crippen LogP contribution >= 0.6 is 0 Å². The summed E-state index contributed by atoms with van der Waals surface area (Å²) in [5.74, 6) is -0.158. The second kappa shape index (κ2) is 5.51. The Labute approximate surface area is 108 Å². The highest BCUT2D eigenvalue weighted by atomic mass is 16.2. The summed E-state index contributed by atoms with van der Waals surface area (Å²) in [6.45, 7) is 2.00. The zero-order valence-electron chi connectivity index (χ0n) is 10.6. The molecule has 0 aliphatic heterocycles. The Hall–Kier alpha value is -2.37. The second-order valence-corrected chi connectivity index (χ2v) is 4.29. The number of aromatic amines is 2. The summed E-state index contributed by atoms with van der Waals surface area (Å²) in [4.78, 5) is 35.1. The maximum Gasteiger partial charge on any atom is 0.272 e. The van der Waals surface area contributed by atoms with Crippen molar-refractivity contribution in [3.8, 4) is 0 Å². The van der Waals surface area contributed by atoms with E-state index in [1.54, 1.807) is 18.2 Å². The molecular formula is C13H15N3O3. The van der Waals surface area contributed by atoms with Crippen LogP contribution in [-0.4, -0.2) is 16.1 Å². The molecule has 0 aliphatic carbocycles. The number of hydrogen-bond donors (Lipinski definition) is 3. The molecule has 6 nitrogen and oxygen atoms in total. The lowest BCUT2D eigenvalue weighted by Gasteiger charge is -2.07. The number of unbranched alkanes of at least 4 members (excludes halogenated alkanes) is 1. The van der Waals surface area contributed by atoms with Crippen molar-refractivity contribution in [1.29, 1.82) is 0 Å². The lowest BCUT2D eigenvalue weighted by molar-refractivity contribution is -0.116. The van der Waals surface area contributed by atoms with E-state index in [-0.39, 0.29) is 22.2 Å². The summed E-state index contributed by atoms with van der Waals surface area (Å²) < 4.78 is 0. The van der Waals surface area contributed by atoms with Gasteiger partial charge in [0, 0.05) is 6.42 Å². The van der Waals surface area contributed by atoms with Crippen LogP contribution in [0.3, 0.4) is 0 Å². The number of rotatable bonds is 4. The molecule has 0 saturated heterocycles. The smallest absolute Gasteiger partial charge is 0.272 e. The van der Waals surface area contributed by atoms with Crippen molar-refractivity contribution in [2.24, 2.45) is 0 Å². The van der Waals surface area contributed by atoms with Gasteiger partial charge in [-0.2, -0.15) is 0 Å². The van der Waals surface area contributed by atoms with Gasteiger partial charge in [0.2, 0.25) is 5.91 Å². The van der Waals surface area contributed by atoms with Gasteiger partial charge in [-0.15, -0.1) is 0 Å². The highest BCUT2D eigenvalue weighted by Gasteiger charge is 2.10. The minimum Gasteiger partial charge on any atom is -0.325 e. The predicted molar refractivity (Wildman–Crippen MR) is 73.3 cm³/mol. The van der Waals surface area contributed by atoms with Crippen molar-refractivity contribution in [2.45, 2.75) is 26.2 Å². The molecule has 0 spiro atoms. The SMILES string of the molecule is CCCCC(=O)Nc1cccc2c(=O)[nH][nH]c(=O)c12. The summed E-state index contributed by atoms with van der Waals surface area (Å²) in [5.41, 5.74) is -0.453. The number of carbonyl (C=O) groups excluding carboxylic acids is 1. The Kier molecular flexibility index (Phi) is 3.79. The minimum atomic E-state index is -0.430. The number of fused-ring (bicyclic) bond motifs is 1. The Balaban J connectivity index is 2.44. The third-order valence-electron chi connectivity index (χ3n) is 2.86. The highest BCUT2D eigenvalue weighted by Crippen LogP contribution is 2.17. The van der Waals surface area contributed by atoms with E-state index in [1.165, 1.54) is 0 Å². The van der Waals surface area contributed by atoms with Gasteiger partial charge in [0.1, 0.15) is 0 Å². The first kappa shape index (κ1) is 13.1. The molecule has 6 heteroatoms. The van der Waals surface area contributed by atoms with Crippen LogP contribution < -0.4 is 16.4 Å². The second-order valence-electron chi connectivity index (χ2n) is 4.29. The van der Waals surface area contributed by atoms with E-state index in [2.05, 4.69) is 15.5 Å². The molecule has 0 aliphatic rings. The number of anilines is 1. The molecule has 0 atom stereocenters. The summed E-state index contributed by atoms with van der Waals surface area (Å²) in [6, 6.07) is 4.79. The number of aromatic nitrogens is 2. The van der Waals surface area contributed by atoms with E-state index in [9.17, 15) is 14.4 Å². The van der Waals surface area contributed by atoms with Crippen molar-refractivity contribution < 1.29 is 4.79 Å². The number of hydrogen-bond acceptors (Lipinski definition) is 3. The van der Waals surface area contributed by atoms with Crippen LogP contribution in [0.2, 0.25) is 0 Å². The fourth-order valence-corrected chi connectivity index (χ4v) is 1.88. The molecule has 100 valence electrons. The summed E-state index contributed by atoms with van der Waals surface area (Å²) in [5, 5.41) is 7.65. The highest BCUT2D eigenvalue weighted by molar-refractivity contribution is 6.01. The van der Waals surface area contributed by atoms with Gasteiger partial charge in [0.05, 0.1) is 16.5 Å². The number of amides is 1. The maximum absolute atomic E-state index is 11.8. The lowest BCUT2D eigenvalue weighted by atomic mass is 10.1. The zero-order valence-corrected chi connectivity index (χ0v) is 10.6. The van der Waals surface area contributed by atoms with Gasteiger partial charge < -0.3 is 5.32 Å². The van der Waals surface area contributed by atoms with Crippen LogP contribution in [0, 0.1) is 0 Å². The fourth-order valence-electron chi connectivity index (χ4n) is 1.88. The average molecular weight is 261 g/mol. The van der Waals surface area contributed by atoms with Crippen molar-refractivity contribution in [3.63, 3.8) is 0 Å². The van der Waals surface area contributed by atoms with E-state index in [0.717, 1.165) is 12.8 Å². The third kappa shape index (κ3) is 2.73. The van der Waals surface area contributed by atoms with E-state index >= 15 is 0 Å². The van der Waals surface area contributed by atoms with Crippen LogP contribution in [0.4, 0.5) is 5.69 Å². The Bertz CT molecular complexity index is 715. The third-order valence-corrected chi connectivity index (χ3v) is 2.86. The van der Waals surface area contributed by atoms with E-state index in [4.69, 9.17) is 0 Å². The Morgan fingerprint density at radius 1 is 1.21 bits per heavy atom. The first-order chi connectivity index (χ1) is 9.13. The molecule has 0 saturated carbocycles. The lowest BCUT2D eigenvalue weighted by Crippen LogP contribution is -2.21. The standard InChI is InChI=1S/C13H15N3O3/c1-2-3-7-10(17)14-9-6-4-5-8-11(9)13(19)16-15-12(8)18/h4-6H,2-3,7H2,1H3,(H,14,17)(H,15,18)(H,16,19). The summed E-state index contributed by atoms with van der Waals surface area (Å²) >= 11 is 0. The first-order valence-corrected chi connectivity index (χ1v) is 6.17. The molecule has 0 fully saturated rings. The largest absolute Gasteiger partial charge is 0.325 e. The van der Waals surface area contributed by atoms with E-state index < -0.39 is 5.56 Å². The Morgan fingerprint density at radius 2 is 1.95 bits per heavy atom. The van der Waals surface area contributed by atoms with Gasteiger partial charge >= 0.3 is 0 Å². The molecule has 2 rings (SSSR count). The molecule has 2 aromatic rings. The average Bonchev–Trinajstić information content (AvgIpc) is 2.41. The van der Waals surface area contributed by atoms with E-state index in [1.807, 2.05) is 6.92 Å².